The van der Waals surface area contributed by atoms with Crippen LogP contribution in [0.25, 0.3) is 0 Å². The van der Waals surface area contributed by atoms with E-state index in [4.69, 9.17) is 0 Å². The molecule has 1 fully saturated rings. The zero-order valence-corrected chi connectivity index (χ0v) is 14.9. The van der Waals surface area contributed by atoms with Crippen LogP contribution in [0.15, 0.2) is 41.3 Å². The number of hydrogen-bond acceptors (Lipinski definition) is 3. The van der Waals surface area contributed by atoms with Crippen molar-refractivity contribution in [2.45, 2.75) is 30.7 Å². The number of carbonyl (C=O) groups is 1. The van der Waals surface area contributed by atoms with Crippen molar-refractivity contribution in [1.82, 2.24) is 10.2 Å². The molecule has 1 saturated heterocycles. The van der Waals surface area contributed by atoms with Crippen molar-refractivity contribution in [3.8, 4) is 0 Å². The van der Waals surface area contributed by atoms with Gasteiger partial charge in [0, 0.05) is 19.3 Å². The lowest BCUT2D eigenvalue weighted by Gasteiger charge is -2.21. The molecule has 130 valence electrons. The Morgan fingerprint density at radius 2 is 1.67 bits per heavy atom. The minimum absolute atomic E-state index is 0.0379. The Balaban J connectivity index is 1.60. The van der Waals surface area contributed by atoms with E-state index in [0.29, 0.717) is 16.7 Å². The van der Waals surface area contributed by atoms with Crippen molar-refractivity contribution in [1.29, 1.82) is 0 Å². The largest absolute Gasteiger partial charge is 0.331 e. The maximum absolute atomic E-state index is 12.5. The van der Waals surface area contributed by atoms with Crippen molar-refractivity contribution in [3.05, 3.63) is 42.0 Å². The highest BCUT2D eigenvalue weighted by molar-refractivity contribution is 7.90. The molecular formula is C18H24N2O3S. The van der Waals surface area contributed by atoms with Crippen LogP contribution < -0.4 is 5.32 Å². The van der Waals surface area contributed by atoms with Crippen LogP contribution >= 0.6 is 0 Å². The molecule has 1 aliphatic carbocycles. The number of benzene rings is 1. The standard InChI is InChI=1S/C18H24N2O3S/c1-13(14-7-9-17(10-8-14)24(2,22)23)19-18(21)20-11-15-5-3-4-6-16(15)12-20/h3-4,7-10,13,15-16H,5-6,11-12H2,1-2H3,(H,19,21)/t13-,15-,16+/m1/s1. The summed E-state index contributed by atoms with van der Waals surface area (Å²) in [5, 5.41) is 3.02. The van der Waals surface area contributed by atoms with Crippen molar-refractivity contribution >= 4 is 15.9 Å². The highest BCUT2D eigenvalue weighted by atomic mass is 32.2. The van der Waals surface area contributed by atoms with Crippen LogP contribution in [0.2, 0.25) is 0 Å². The second-order valence-electron chi connectivity index (χ2n) is 6.88. The predicted molar refractivity (Wildman–Crippen MR) is 93.4 cm³/mol. The van der Waals surface area contributed by atoms with Gasteiger partial charge in [-0.05, 0) is 49.3 Å². The number of allylic oxidation sites excluding steroid dienone is 2. The SMILES string of the molecule is C[C@@H](NC(=O)N1C[C@H]2CC=CC[C@H]2C1)c1ccc(S(C)(=O)=O)cc1. The van der Waals surface area contributed by atoms with E-state index in [-0.39, 0.29) is 12.1 Å². The number of likely N-dealkylation sites (tertiary alicyclic amines) is 1. The van der Waals surface area contributed by atoms with Gasteiger partial charge in [0.25, 0.3) is 0 Å². The van der Waals surface area contributed by atoms with Gasteiger partial charge in [0.15, 0.2) is 9.84 Å². The van der Waals surface area contributed by atoms with Gasteiger partial charge in [0.2, 0.25) is 0 Å². The number of sulfone groups is 1. The van der Waals surface area contributed by atoms with Gasteiger partial charge < -0.3 is 10.2 Å². The Kier molecular flexibility index (Phi) is 4.67. The fourth-order valence-corrected chi connectivity index (χ4v) is 4.17. The molecule has 1 N–H and O–H groups in total. The van der Waals surface area contributed by atoms with Gasteiger partial charge in [-0.3, -0.25) is 0 Å². The molecule has 0 aromatic heterocycles. The topological polar surface area (TPSA) is 66.5 Å². The van der Waals surface area contributed by atoms with Gasteiger partial charge >= 0.3 is 6.03 Å². The van der Waals surface area contributed by atoms with Gasteiger partial charge in [-0.1, -0.05) is 24.3 Å². The monoisotopic (exact) mass is 348 g/mol. The van der Waals surface area contributed by atoms with Gasteiger partial charge in [0.1, 0.15) is 0 Å². The van der Waals surface area contributed by atoms with Crippen LogP contribution in [0.1, 0.15) is 31.4 Å². The average molecular weight is 348 g/mol. The number of rotatable bonds is 3. The summed E-state index contributed by atoms with van der Waals surface area (Å²) >= 11 is 0. The molecule has 0 saturated carbocycles. The Labute approximate surface area is 143 Å². The summed E-state index contributed by atoms with van der Waals surface area (Å²) in [6.07, 6.45) is 7.76. The predicted octanol–water partition coefficient (Wildman–Crippen LogP) is 2.76. The molecule has 1 aliphatic heterocycles. The van der Waals surface area contributed by atoms with Crippen molar-refractivity contribution in [2.24, 2.45) is 11.8 Å². The number of carbonyl (C=O) groups excluding carboxylic acids is 1. The van der Waals surface area contributed by atoms with Crippen LogP contribution in [0.3, 0.4) is 0 Å². The summed E-state index contributed by atoms with van der Waals surface area (Å²) in [5.74, 6) is 1.18. The Hall–Kier alpha value is -1.82. The van der Waals surface area contributed by atoms with Crippen LogP contribution in [0.4, 0.5) is 4.79 Å². The molecule has 2 aliphatic rings. The maximum atomic E-state index is 12.5. The maximum Gasteiger partial charge on any atom is 0.317 e. The zero-order chi connectivity index (χ0) is 17.3. The fraction of sp³-hybridized carbons (Fsp3) is 0.500. The number of amides is 2. The highest BCUT2D eigenvalue weighted by Crippen LogP contribution is 2.32. The first-order valence-electron chi connectivity index (χ1n) is 8.35. The molecule has 0 bridgehead atoms. The molecule has 2 amide bonds. The number of hydrogen-bond donors (Lipinski definition) is 1. The van der Waals surface area contributed by atoms with E-state index >= 15 is 0 Å². The molecule has 3 rings (SSSR count). The molecule has 1 heterocycles. The molecule has 0 unspecified atom stereocenters. The third-order valence-corrected chi connectivity index (χ3v) is 6.18. The Morgan fingerprint density at radius 3 is 2.17 bits per heavy atom. The van der Waals surface area contributed by atoms with Crippen molar-refractivity contribution < 1.29 is 13.2 Å². The summed E-state index contributed by atoms with van der Waals surface area (Å²) < 4.78 is 23.0. The van der Waals surface area contributed by atoms with E-state index in [9.17, 15) is 13.2 Å². The van der Waals surface area contributed by atoms with Crippen molar-refractivity contribution in [2.75, 3.05) is 19.3 Å². The van der Waals surface area contributed by atoms with Crippen LogP contribution in [0, 0.1) is 11.8 Å². The summed E-state index contributed by atoms with van der Waals surface area (Å²) in [6.45, 7) is 3.55. The van der Waals surface area contributed by atoms with Gasteiger partial charge in [-0.25, -0.2) is 13.2 Å². The molecule has 1 aromatic carbocycles. The van der Waals surface area contributed by atoms with E-state index < -0.39 is 9.84 Å². The summed E-state index contributed by atoms with van der Waals surface area (Å²) in [6, 6.07) is 6.49. The third kappa shape index (κ3) is 3.64. The number of fused-ring (bicyclic) bond motifs is 1. The molecule has 5 nitrogen and oxygen atoms in total. The molecular weight excluding hydrogens is 324 g/mol. The second-order valence-corrected chi connectivity index (χ2v) is 8.90. The number of urea groups is 1. The summed E-state index contributed by atoms with van der Waals surface area (Å²) in [7, 11) is -3.20. The van der Waals surface area contributed by atoms with Crippen molar-refractivity contribution in [3.63, 3.8) is 0 Å². The first kappa shape index (κ1) is 17.0. The molecule has 1 aromatic rings. The quantitative estimate of drug-likeness (QED) is 0.854. The summed E-state index contributed by atoms with van der Waals surface area (Å²) in [5.41, 5.74) is 0.897. The first-order chi connectivity index (χ1) is 11.3. The normalized spacial score (nSPS) is 24.5. The van der Waals surface area contributed by atoms with Crippen LogP contribution in [-0.4, -0.2) is 38.7 Å². The van der Waals surface area contributed by atoms with Gasteiger partial charge in [-0.15, -0.1) is 0 Å². The average Bonchev–Trinajstić information content (AvgIpc) is 2.98. The highest BCUT2D eigenvalue weighted by Gasteiger charge is 2.35. The molecule has 6 heteroatoms. The molecule has 0 spiro atoms. The molecule has 3 atom stereocenters. The van der Waals surface area contributed by atoms with Crippen LogP contribution in [0.5, 0.6) is 0 Å². The minimum Gasteiger partial charge on any atom is -0.331 e. The molecule has 24 heavy (non-hydrogen) atoms. The fourth-order valence-electron chi connectivity index (χ4n) is 3.54. The number of nitrogens with one attached hydrogen (secondary N) is 1. The van der Waals surface area contributed by atoms with Gasteiger partial charge in [0.05, 0.1) is 10.9 Å². The van der Waals surface area contributed by atoms with Gasteiger partial charge in [-0.2, -0.15) is 0 Å². The zero-order valence-electron chi connectivity index (χ0n) is 14.1. The van der Waals surface area contributed by atoms with E-state index in [2.05, 4.69) is 17.5 Å². The first-order valence-corrected chi connectivity index (χ1v) is 10.2. The smallest absolute Gasteiger partial charge is 0.317 e. The van der Waals surface area contributed by atoms with E-state index in [1.54, 1.807) is 24.3 Å². The Bertz CT molecular complexity index is 724. The number of nitrogens with zero attached hydrogens (tertiary/aromatic N) is 1. The summed E-state index contributed by atoms with van der Waals surface area (Å²) in [4.78, 5) is 14.7. The lowest BCUT2D eigenvalue weighted by molar-refractivity contribution is 0.203. The Morgan fingerprint density at radius 1 is 1.12 bits per heavy atom. The van der Waals surface area contributed by atoms with E-state index in [0.717, 1.165) is 31.5 Å². The lowest BCUT2D eigenvalue weighted by atomic mass is 9.86. The van der Waals surface area contributed by atoms with E-state index in [1.807, 2.05) is 11.8 Å². The third-order valence-electron chi connectivity index (χ3n) is 5.06. The minimum atomic E-state index is -3.20. The second kappa shape index (κ2) is 6.59. The molecule has 0 radical (unpaired) electrons. The van der Waals surface area contributed by atoms with Crippen LogP contribution in [-0.2, 0) is 9.84 Å². The van der Waals surface area contributed by atoms with E-state index in [1.165, 1.54) is 6.26 Å². The lowest BCUT2D eigenvalue weighted by Crippen LogP contribution is -2.39.